The number of benzene rings is 1. The van der Waals surface area contributed by atoms with Crippen LogP contribution in [0.2, 0.25) is 5.02 Å². The lowest BCUT2D eigenvalue weighted by molar-refractivity contribution is -0.105. The van der Waals surface area contributed by atoms with Crippen molar-refractivity contribution < 1.29 is 9.53 Å². The highest BCUT2D eigenvalue weighted by molar-refractivity contribution is 6.32. The molecule has 76 valence electrons. The number of ether oxygens (including phenoxy) is 1. The standard InChI is InChI=1S/C10H12ClNO2/c1-7(2)14-10-8(11)4-3-5-9(10)12-6-13/h3-7H,1-2H3,(H,12,13). The second-order valence-electron chi connectivity index (χ2n) is 3.05. The molecule has 1 aromatic rings. The van der Waals surface area contributed by atoms with Crippen LogP contribution in [0.1, 0.15) is 13.8 Å². The maximum absolute atomic E-state index is 10.3. The van der Waals surface area contributed by atoms with Crippen LogP contribution in [0.25, 0.3) is 0 Å². The molecule has 4 heteroatoms. The summed E-state index contributed by atoms with van der Waals surface area (Å²) in [6, 6.07) is 5.20. The molecule has 0 saturated heterocycles. The summed E-state index contributed by atoms with van der Waals surface area (Å²) in [5, 5.41) is 3.02. The first-order valence-corrected chi connectivity index (χ1v) is 4.68. The zero-order valence-corrected chi connectivity index (χ0v) is 8.84. The molecular formula is C10H12ClNO2. The van der Waals surface area contributed by atoms with Gasteiger partial charge in [-0.25, -0.2) is 0 Å². The minimum absolute atomic E-state index is 0.0158. The van der Waals surface area contributed by atoms with E-state index in [-0.39, 0.29) is 6.10 Å². The van der Waals surface area contributed by atoms with Crippen molar-refractivity contribution in [3.8, 4) is 5.75 Å². The lowest BCUT2D eigenvalue weighted by Gasteiger charge is -2.14. The molecule has 1 rings (SSSR count). The lowest BCUT2D eigenvalue weighted by atomic mass is 10.3. The number of nitrogens with one attached hydrogen (secondary N) is 1. The normalized spacial score (nSPS) is 10.0. The second-order valence-corrected chi connectivity index (χ2v) is 3.45. The van der Waals surface area contributed by atoms with Crippen molar-refractivity contribution in [2.24, 2.45) is 0 Å². The Morgan fingerprint density at radius 1 is 1.50 bits per heavy atom. The molecule has 3 nitrogen and oxygen atoms in total. The van der Waals surface area contributed by atoms with Gasteiger partial charge in [0.15, 0.2) is 5.75 Å². The third-order valence-electron chi connectivity index (χ3n) is 1.53. The van der Waals surface area contributed by atoms with Gasteiger partial charge in [0, 0.05) is 0 Å². The minimum atomic E-state index is 0.0158. The van der Waals surface area contributed by atoms with Crippen molar-refractivity contribution in [1.82, 2.24) is 0 Å². The van der Waals surface area contributed by atoms with Gasteiger partial charge in [0.2, 0.25) is 6.41 Å². The summed E-state index contributed by atoms with van der Waals surface area (Å²) in [4.78, 5) is 10.3. The molecule has 0 saturated carbocycles. The molecule has 0 aromatic heterocycles. The molecule has 0 atom stereocenters. The van der Waals surface area contributed by atoms with E-state index in [9.17, 15) is 4.79 Å². The molecule has 0 aliphatic rings. The van der Waals surface area contributed by atoms with E-state index in [1.807, 2.05) is 13.8 Å². The number of rotatable bonds is 4. The largest absolute Gasteiger partial charge is 0.487 e. The molecule has 0 bridgehead atoms. The highest BCUT2D eigenvalue weighted by Gasteiger charge is 2.09. The molecule has 14 heavy (non-hydrogen) atoms. The molecule has 1 aromatic carbocycles. The molecule has 0 spiro atoms. The average Bonchev–Trinajstić information content (AvgIpc) is 2.11. The average molecular weight is 214 g/mol. The summed E-state index contributed by atoms with van der Waals surface area (Å²) in [7, 11) is 0. The number of para-hydroxylation sites is 1. The van der Waals surface area contributed by atoms with Crippen LogP contribution in [0, 0.1) is 0 Å². The van der Waals surface area contributed by atoms with Gasteiger partial charge in [-0.1, -0.05) is 17.7 Å². The molecular weight excluding hydrogens is 202 g/mol. The van der Waals surface area contributed by atoms with E-state index < -0.39 is 0 Å². The summed E-state index contributed by atoms with van der Waals surface area (Å²) >= 11 is 5.93. The minimum Gasteiger partial charge on any atom is -0.487 e. The van der Waals surface area contributed by atoms with Crippen molar-refractivity contribution in [3.63, 3.8) is 0 Å². The number of carbonyl (C=O) groups is 1. The first-order valence-electron chi connectivity index (χ1n) is 4.30. The maximum atomic E-state index is 10.3. The van der Waals surface area contributed by atoms with Gasteiger partial charge in [0.1, 0.15) is 0 Å². The monoisotopic (exact) mass is 213 g/mol. The Morgan fingerprint density at radius 3 is 2.79 bits per heavy atom. The van der Waals surface area contributed by atoms with Crippen LogP contribution in [0.4, 0.5) is 5.69 Å². The Bertz CT molecular complexity index is 326. The smallest absolute Gasteiger partial charge is 0.211 e. The van der Waals surface area contributed by atoms with E-state index in [0.29, 0.717) is 22.9 Å². The summed E-state index contributed by atoms with van der Waals surface area (Å²) in [6.07, 6.45) is 0.612. The third-order valence-corrected chi connectivity index (χ3v) is 1.83. The number of carbonyl (C=O) groups excluding carboxylic acids is 1. The van der Waals surface area contributed by atoms with Crippen LogP contribution in [-0.2, 0) is 4.79 Å². The highest BCUT2D eigenvalue weighted by atomic mass is 35.5. The molecule has 0 unspecified atom stereocenters. The van der Waals surface area contributed by atoms with Crippen LogP contribution in [0.5, 0.6) is 5.75 Å². The van der Waals surface area contributed by atoms with E-state index in [1.54, 1.807) is 18.2 Å². The van der Waals surface area contributed by atoms with Gasteiger partial charge in [0.25, 0.3) is 0 Å². The van der Waals surface area contributed by atoms with Gasteiger partial charge in [-0.3, -0.25) is 4.79 Å². The fourth-order valence-corrected chi connectivity index (χ4v) is 1.26. The number of halogens is 1. The Hall–Kier alpha value is -1.22. The van der Waals surface area contributed by atoms with Gasteiger partial charge in [-0.05, 0) is 26.0 Å². The number of amides is 1. The number of hydrogen-bond acceptors (Lipinski definition) is 2. The van der Waals surface area contributed by atoms with Gasteiger partial charge in [-0.15, -0.1) is 0 Å². The fourth-order valence-electron chi connectivity index (χ4n) is 1.04. The van der Waals surface area contributed by atoms with Crippen molar-refractivity contribution in [2.75, 3.05) is 5.32 Å². The number of hydrogen-bond donors (Lipinski definition) is 1. The van der Waals surface area contributed by atoms with Crippen molar-refractivity contribution >= 4 is 23.7 Å². The number of anilines is 1. The third kappa shape index (κ3) is 2.64. The zero-order chi connectivity index (χ0) is 10.6. The summed E-state index contributed by atoms with van der Waals surface area (Å²) in [5.41, 5.74) is 0.584. The summed E-state index contributed by atoms with van der Waals surface area (Å²) < 4.78 is 5.48. The Balaban J connectivity index is 3.01. The van der Waals surface area contributed by atoms with Gasteiger partial charge < -0.3 is 10.1 Å². The van der Waals surface area contributed by atoms with E-state index in [2.05, 4.69) is 5.32 Å². The molecule has 0 aliphatic carbocycles. The highest BCUT2D eigenvalue weighted by Crippen LogP contribution is 2.33. The van der Waals surface area contributed by atoms with E-state index in [1.165, 1.54) is 0 Å². The molecule has 1 N–H and O–H groups in total. The summed E-state index contributed by atoms with van der Waals surface area (Å²) in [5.74, 6) is 0.510. The van der Waals surface area contributed by atoms with Crippen LogP contribution < -0.4 is 10.1 Å². The topological polar surface area (TPSA) is 38.3 Å². The molecule has 1 amide bonds. The van der Waals surface area contributed by atoms with Gasteiger partial charge in [-0.2, -0.15) is 0 Å². The summed E-state index contributed by atoms with van der Waals surface area (Å²) in [6.45, 7) is 3.79. The van der Waals surface area contributed by atoms with Gasteiger partial charge >= 0.3 is 0 Å². The predicted molar refractivity (Wildman–Crippen MR) is 56.9 cm³/mol. The Labute approximate surface area is 88.0 Å². The van der Waals surface area contributed by atoms with E-state index in [0.717, 1.165) is 0 Å². The Morgan fingerprint density at radius 2 is 2.21 bits per heavy atom. The van der Waals surface area contributed by atoms with Crippen LogP contribution in [0.3, 0.4) is 0 Å². The van der Waals surface area contributed by atoms with Gasteiger partial charge in [0.05, 0.1) is 16.8 Å². The van der Waals surface area contributed by atoms with E-state index in [4.69, 9.17) is 16.3 Å². The maximum Gasteiger partial charge on any atom is 0.211 e. The van der Waals surface area contributed by atoms with Crippen molar-refractivity contribution in [3.05, 3.63) is 23.2 Å². The SMILES string of the molecule is CC(C)Oc1c(Cl)cccc1NC=O. The first kappa shape index (κ1) is 10.9. The quantitative estimate of drug-likeness (QED) is 0.781. The molecule has 0 fully saturated rings. The Kier molecular flexibility index (Phi) is 3.77. The van der Waals surface area contributed by atoms with E-state index >= 15 is 0 Å². The fraction of sp³-hybridized carbons (Fsp3) is 0.300. The second kappa shape index (κ2) is 4.86. The first-order chi connectivity index (χ1) is 6.65. The van der Waals surface area contributed by atoms with Crippen LogP contribution >= 0.6 is 11.6 Å². The lowest BCUT2D eigenvalue weighted by Crippen LogP contribution is -2.08. The molecule has 0 radical (unpaired) electrons. The van der Waals surface area contributed by atoms with Crippen molar-refractivity contribution in [2.45, 2.75) is 20.0 Å². The van der Waals surface area contributed by atoms with Crippen LogP contribution in [0.15, 0.2) is 18.2 Å². The predicted octanol–water partition coefficient (Wildman–Crippen LogP) is 2.70. The molecule has 0 heterocycles. The molecule has 0 aliphatic heterocycles. The van der Waals surface area contributed by atoms with Crippen LogP contribution in [-0.4, -0.2) is 12.5 Å². The zero-order valence-electron chi connectivity index (χ0n) is 8.08. The van der Waals surface area contributed by atoms with Crippen molar-refractivity contribution in [1.29, 1.82) is 0 Å².